The quantitative estimate of drug-likeness (QED) is 0.655. The third kappa shape index (κ3) is 6.25. The standard InChI is InChI=1S/C16H26BrNO2/c1-4-9-20-10-8-14(18-5-2)11-13-12-15(19-3)6-7-16(13)17/h6-7,12,14,18H,4-5,8-11H2,1-3H3. The Kier molecular flexibility index (Phi) is 8.90. The van der Waals surface area contributed by atoms with Crippen molar-refractivity contribution in [2.24, 2.45) is 0 Å². The van der Waals surface area contributed by atoms with E-state index in [0.717, 1.165) is 49.2 Å². The molecule has 0 bridgehead atoms. The molecule has 1 aromatic carbocycles. The van der Waals surface area contributed by atoms with Crippen LogP contribution >= 0.6 is 15.9 Å². The summed E-state index contributed by atoms with van der Waals surface area (Å²) >= 11 is 3.62. The summed E-state index contributed by atoms with van der Waals surface area (Å²) in [5.41, 5.74) is 1.27. The molecular formula is C16H26BrNO2. The van der Waals surface area contributed by atoms with E-state index in [9.17, 15) is 0 Å². The molecule has 0 aliphatic heterocycles. The Bertz CT molecular complexity index is 385. The number of halogens is 1. The molecule has 0 radical (unpaired) electrons. The van der Waals surface area contributed by atoms with Crippen LogP contribution < -0.4 is 10.1 Å². The number of rotatable bonds is 10. The van der Waals surface area contributed by atoms with Gasteiger partial charge in [0.15, 0.2) is 0 Å². The third-order valence-electron chi connectivity index (χ3n) is 3.17. The van der Waals surface area contributed by atoms with Crippen molar-refractivity contribution < 1.29 is 9.47 Å². The molecule has 20 heavy (non-hydrogen) atoms. The van der Waals surface area contributed by atoms with Crippen molar-refractivity contribution in [3.05, 3.63) is 28.2 Å². The van der Waals surface area contributed by atoms with Gasteiger partial charge in [-0.05, 0) is 49.6 Å². The molecule has 0 heterocycles. The summed E-state index contributed by atoms with van der Waals surface area (Å²) in [4.78, 5) is 0. The van der Waals surface area contributed by atoms with Crippen LogP contribution in [0.3, 0.4) is 0 Å². The average Bonchev–Trinajstić information content (AvgIpc) is 2.46. The maximum atomic E-state index is 5.60. The fourth-order valence-corrected chi connectivity index (χ4v) is 2.55. The van der Waals surface area contributed by atoms with Gasteiger partial charge in [-0.25, -0.2) is 0 Å². The van der Waals surface area contributed by atoms with Crippen LogP contribution in [0, 0.1) is 0 Å². The van der Waals surface area contributed by atoms with Crippen LogP contribution in [0.5, 0.6) is 5.75 Å². The number of likely N-dealkylation sites (N-methyl/N-ethyl adjacent to an activating group) is 1. The summed E-state index contributed by atoms with van der Waals surface area (Å²) in [6, 6.07) is 6.55. The molecule has 1 unspecified atom stereocenters. The smallest absolute Gasteiger partial charge is 0.119 e. The van der Waals surface area contributed by atoms with Gasteiger partial charge in [-0.1, -0.05) is 29.8 Å². The molecule has 1 N–H and O–H groups in total. The van der Waals surface area contributed by atoms with E-state index in [2.05, 4.69) is 41.2 Å². The number of ether oxygens (including phenoxy) is 2. The number of hydrogen-bond donors (Lipinski definition) is 1. The van der Waals surface area contributed by atoms with Crippen LogP contribution in [-0.2, 0) is 11.2 Å². The van der Waals surface area contributed by atoms with Crippen LogP contribution in [0.25, 0.3) is 0 Å². The lowest BCUT2D eigenvalue weighted by molar-refractivity contribution is 0.124. The number of nitrogens with one attached hydrogen (secondary N) is 1. The summed E-state index contributed by atoms with van der Waals surface area (Å²) in [6.45, 7) is 6.91. The summed E-state index contributed by atoms with van der Waals surface area (Å²) in [6.07, 6.45) is 3.08. The highest BCUT2D eigenvalue weighted by atomic mass is 79.9. The molecule has 1 atom stereocenters. The molecule has 0 fully saturated rings. The summed E-state index contributed by atoms with van der Waals surface area (Å²) in [5.74, 6) is 0.903. The van der Waals surface area contributed by atoms with Gasteiger partial charge in [-0.15, -0.1) is 0 Å². The minimum absolute atomic E-state index is 0.431. The Morgan fingerprint density at radius 1 is 1.25 bits per heavy atom. The van der Waals surface area contributed by atoms with Crippen LogP contribution in [0.15, 0.2) is 22.7 Å². The van der Waals surface area contributed by atoms with Crippen molar-refractivity contribution in [3.8, 4) is 5.75 Å². The van der Waals surface area contributed by atoms with Crippen molar-refractivity contribution in [2.75, 3.05) is 26.9 Å². The molecule has 0 saturated carbocycles. The molecule has 0 saturated heterocycles. The SMILES string of the molecule is CCCOCCC(Cc1cc(OC)ccc1Br)NCC. The largest absolute Gasteiger partial charge is 0.497 e. The van der Waals surface area contributed by atoms with Crippen LogP contribution in [-0.4, -0.2) is 32.9 Å². The van der Waals surface area contributed by atoms with Crippen LogP contribution in [0.1, 0.15) is 32.3 Å². The number of benzene rings is 1. The molecule has 1 rings (SSSR count). The second kappa shape index (κ2) is 10.2. The van der Waals surface area contributed by atoms with E-state index in [0.29, 0.717) is 6.04 Å². The zero-order chi connectivity index (χ0) is 14.8. The highest BCUT2D eigenvalue weighted by molar-refractivity contribution is 9.10. The van der Waals surface area contributed by atoms with E-state index in [1.807, 2.05) is 12.1 Å². The Morgan fingerprint density at radius 2 is 2.05 bits per heavy atom. The van der Waals surface area contributed by atoms with Gasteiger partial charge in [0, 0.05) is 23.7 Å². The number of hydrogen-bond acceptors (Lipinski definition) is 3. The van der Waals surface area contributed by atoms with E-state index >= 15 is 0 Å². The van der Waals surface area contributed by atoms with E-state index in [1.54, 1.807) is 7.11 Å². The average molecular weight is 344 g/mol. The molecule has 0 amide bonds. The molecule has 0 aromatic heterocycles. The zero-order valence-electron chi connectivity index (χ0n) is 12.7. The molecule has 1 aromatic rings. The predicted octanol–water partition coefficient (Wildman–Crippen LogP) is 3.80. The van der Waals surface area contributed by atoms with Crippen molar-refractivity contribution in [1.82, 2.24) is 5.32 Å². The number of methoxy groups -OCH3 is 1. The van der Waals surface area contributed by atoms with Gasteiger partial charge >= 0.3 is 0 Å². The summed E-state index contributed by atoms with van der Waals surface area (Å²) in [5, 5.41) is 3.53. The van der Waals surface area contributed by atoms with Gasteiger partial charge in [0.2, 0.25) is 0 Å². The van der Waals surface area contributed by atoms with Crippen molar-refractivity contribution in [1.29, 1.82) is 0 Å². The highest BCUT2D eigenvalue weighted by Gasteiger charge is 2.11. The first-order chi connectivity index (χ1) is 9.71. The van der Waals surface area contributed by atoms with E-state index < -0.39 is 0 Å². The topological polar surface area (TPSA) is 30.5 Å². The normalized spacial score (nSPS) is 12.4. The van der Waals surface area contributed by atoms with Crippen molar-refractivity contribution in [2.45, 2.75) is 39.2 Å². The second-order valence-corrected chi connectivity index (χ2v) is 5.67. The van der Waals surface area contributed by atoms with Crippen LogP contribution in [0.4, 0.5) is 0 Å². The minimum Gasteiger partial charge on any atom is -0.497 e. The first kappa shape index (κ1) is 17.5. The Morgan fingerprint density at radius 3 is 2.70 bits per heavy atom. The second-order valence-electron chi connectivity index (χ2n) is 4.82. The first-order valence-electron chi connectivity index (χ1n) is 7.34. The molecule has 0 aliphatic rings. The Balaban J connectivity index is 2.59. The summed E-state index contributed by atoms with van der Waals surface area (Å²) < 4.78 is 12.0. The molecule has 0 spiro atoms. The molecule has 0 aliphatic carbocycles. The van der Waals surface area contributed by atoms with Crippen LogP contribution in [0.2, 0.25) is 0 Å². The fourth-order valence-electron chi connectivity index (χ4n) is 2.14. The zero-order valence-corrected chi connectivity index (χ0v) is 14.3. The minimum atomic E-state index is 0.431. The van der Waals surface area contributed by atoms with Gasteiger partial charge in [0.1, 0.15) is 5.75 Å². The fraction of sp³-hybridized carbons (Fsp3) is 0.625. The summed E-state index contributed by atoms with van der Waals surface area (Å²) in [7, 11) is 1.70. The monoisotopic (exact) mass is 343 g/mol. The van der Waals surface area contributed by atoms with Gasteiger partial charge in [0.25, 0.3) is 0 Å². The van der Waals surface area contributed by atoms with Crippen molar-refractivity contribution >= 4 is 15.9 Å². The Hall–Kier alpha value is -0.580. The molecular weight excluding hydrogens is 318 g/mol. The van der Waals surface area contributed by atoms with Gasteiger partial charge in [0.05, 0.1) is 7.11 Å². The van der Waals surface area contributed by atoms with Crippen molar-refractivity contribution in [3.63, 3.8) is 0 Å². The lowest BCUT2D eigenvalue weighted by atomic mass is 10.0. The first-order valence-corrected chi connectivity index (χ1v) is 8.14. The predicted molar refractivity (Wildman–Crippen MR) is 87.6 cm³/mol. The molecule has 4 heteroatoms. The molecule has 3 nitrogen and oxygen atoms in total. The molecule has 114 valence electrons. The maximum absolute atomic E-state index is 5.60. The third-order valence-corrected chi connectivity index (χ3v) is 3.94. The lowest BCUT2D eigenvalue weighted by Crippen LogP contribution is -2.32. The lowest BCUT2D eigenvalue weighted by Gasteiger charge is -2.19. The highest BCUT2D eigenvalue weighted by Crippen LogP contribution is 2.24. The van der Waals surface area contributed by atoms with Gasteiger partial charge in [-0.3, -0.25) is 0 Å². The van der Waals surface area contributed by atoms with E-state index in [1.165, 1.54) is 5.56 Å². The Labute approximate surface area is 131 Å². The van der Waals surface area contributed by atoms with E-state index in [-0.39, 0.29) is 0 Å². The van der Waals surface area contributed by atoms with Gasteiger partial charge in [-0.2, -0.15) is 0 Å². The maximum Gasteiger partial charge on any atom is 0.119 e. The van der Waals surface area contributed by atoms with Gasteiger partial charge < -0.3 is 14.8 Å². The van der Waals surface area contributed by atoms with E-state index in [4.69, 9.17) is 9.47 Å².